The Morgan fingerprint density at radius 2 is 1.81 bits per heavy atom. The molecule has 0 spiro atoms. The molecule has 4 nitrogen and oxygen atoms in total. The van der Waals surface area contributed by atoms with Crippen molar-refractivity contribution in [3.63, 3.8) is 0 Å². The van der Waals surface area contributed by atoms with E-state index in [2.05, 4.69) is 10.6 Å². The van der Waals surface area contributed by atoms with Gasteiger partial charge in [0.2, 0.25) is 5.91 Å². The number of benzene rings is 2. The van der Waals surface area contributed by atoms with E-state index in [-0.39, 0.29) is 11.9 Å². The quantitative estimate of drug-likeness (QED) is 0.884. The van der Waals surface area contributed by atoms with Crippen LogP contribution in [0, 0.1) is 6.92 Å². The molecular formula is C17H20N2O2. The minimum atomic E-state index is -0.325. The summed E-state index contributed by atoms with van der Waals surface area (Å²) in [5.41, 5.74) is 2.84. The van der Waals surface area contributed by atoms with Crippen molar-refractivity contribution in [2.75, 3.05) is 17.7 Å². The molecule has 0 heterocycles. The number of nitrogens with one attached hydrogen (secondary N) is 2. The molecule has 2 rings (SSSR count). The third kappa shape index (κ3) is 4.24. The Morgan fingerprint density at radius 3 is 2.43 bits per heavy atom. The van der Waals surface area contributed by atoms with Crippen molar-refractivity contribution < 1.29 is 9.53 Å². The molecule has 21 heavy (non-hydrogen) atoms. The summed E-state index contributed by atoms with van der Waals surface area (Å²) in [6, 6.07) is 14.9. The lowest BCUT2D eigenvalue weighted by Crippen LogP contribution is -2.31. The second-order valence-corrected chi connectivity index (χ2v) is 4.95. The lowest BCUT2D eigenvalue weighted by atomic mass is 10.2. The second-order valence-electron chi connectivity index (χ2n) is 4.95. The van der Waals surface area contributed by atoms with Crippen molar-refractivity contribution in [3.8, 4) is 5.75 Å². The zero-order valence-electron chi connectivity index (χ0n) is 12.5. The molecule has 2 aromatic rings. The molecule has 0 aliphatic carbocycles. The summed E-state index contributed by atoms with van der Waals surface area (Å²) in [4.78, 5) is 12.2. The molecule has 0 aliphatic heterocycles. The molecule has 110 valence electrons. The van der Waals surface area contributed by atoms with Crippen LogP contribution < -0.4 is 15.4 Å². The molecule has 0 fully saturated rings. The summed E-state index contributed by atoms with van der Waals surface area (Å²) >= 11 is 0. The molecule has 2 N–H and O–H groups in total. The number of hydrogen-bond acceptors (Lipinski definition) is 3. The summed E-state index contributed by atoms with van der Waals surface area (Å²) in [6.07, 6.45) is 0. The van der Waals surface area contributed by atoms with Gasteiger partial charge < -0.3 is 15.4 Å². The van der Waals surface area contributed by atoms with Crippen LogP contribution in [0.15, 0.2) is 48.5 Å². The SMILES string of the molecule is COc1ccc(NC(=O)[C@@H](C)Nc2cccc(C)c2)cc1. The highest BCUT2D eigenvalue weighted by molar-refractivity contribution is 5.96. The van der Waals surface area contributed by atoms with Gasteiger partial charge in [-0.25, -0.2) is 0 Å². The van der Waals surface area contributed by atoms with Crippen LogP contribution in [0.2, 0.25) is 0 Å². The van der Waals surface area contributed by atoms with Crippen molar-refractivity contribution in [2.45, 2.75) is 19.9 Å². The molecule has 4 heteroatoms. The third-order valence-electron chi connectivity index (χ3n) is 3.15. The van der Waals surface area contributed by atoms with Gasteiger partial charge in [-0.1, -0.05) is 12.1 Å². The van der Waals surface area contributed by atoms with E-state index in [1.54, 1.807) is 7.11 Å². The normalized spacial score (nSPS) is 11.6. The van der Waals surface area contributed by atoms with Gasteiger partial charge in [-0.15, -0.1) is 0 Å². The fourth-order valence-corrected chi connectivity index (χ4v) is 1.98. The monoisotopic (exact) mass is 284 g/mol. The first-order valence-corrected chi connectivity index (χ1v) is 6.86. The summed E-state index contributed by atoms with van der Waals surface area (Å²) in [5, 5.41) is 6.06. The molecule has 0 saturated carbocycles. The van der Waals surface area contributed by atoms with Crippen LogP contribution in [0.4, 0.5) is 11.4 Å². The fourth-order valence-electron chi connectivity index (χ4n) is 1.98. The number of anilines is 2. The van der Waals surface area contributed by atoms with Gasteiger partial charge in [0, 0.05) is 11.4 Å². The Hall–Kier alpha value is -2.49. The van der Waals surface area contributed by atoms with Gasteiger partial charge in [-0.05, 0) is 55.8 Å². The standard InChI is InChI=1S/C17H20N2O2/c1-12-5-4-6-15(11-12)18-13(2)17(20)19-14-7-9-16(21-3)10-8-14/h4-11,13,18H,1-3H3,(H,19,20)/t13-/m1/s1. The number of aryl methyl sites for hydroxylation is 1. The van der Waals surface area contributed by atoms with Crippen LogP contribution in [-0.4, -0.2) is 19.1 Å². The molecule has 2 aromatic carbocycles. The van der Waals surface area contributed by atoms with Crippen molar-refractivity contribution in [3.05, 3.63) is 54.1 Å². The van der Waals surface area contributed by atoms with Crippen LogP contribution in [-0.2, 0) is 4.79 Å². The van der Waals surface area contributed by atoms with Gasteiger partial charge in [-0.3, -0.25) is 4.79 Å². The molecule has 1 atom stereocenters. The first kappa shape index (κ1) is 14.9. The smallest absolute Gasteiger partial charge is 0.246 e. The number of methoxy groups -OCH3 is 1. The predicted octanol–water partition coefficient (Wildman–Crippen LogP) is 3.44. The fraction of sp³-hybridized carbons (Fsp3) is 0.235. The molecule has 0 unspecified atom stereocenters. The maximum absolute atomic E-state index is 12.2. The first-order valence-electron chi connectivity index (χ1n) is 6.86. The van der Waals surface area contributed by atoms with Crippen molar-refractivity contribution in [1.29, 1.82) is 0 Å². The molecule has 0 aliphatic rings. The topological polar surface area (TPSA) is 50.4 Å². The number of carbonyl (C=O) groups excluding carboxylic acids is 1. The maximum atomic E-state index is 12.2. The number of ether oxygens (including phenoxy) is 1. The van der Waals surface area contributed by atoms with E-state index in [0.29, 0.717) is 0 Å². The van der Waals surface area contributed by atoms with Gasteiger partial charge >= 0.3 is 0 Å². The molecule has 0 aromatic heterocycles. The lowest BCUT2D eigenvalue weighted by molar-refractivity contribution is -0.116. The van der Waals surface area contributed by atoms with Gasteiger partial charge in [0.25, 0.3) is 0 Å². The minimum absolute atomic E-state index is 0.0818. The van der Waals surface area contributed by atoms with E-state index in [1.807, 2.05) is 62.4 Å². The van der Waals surface area contributed by atoms with E-state index in [1.165, 1.54) is 0 Å². The first-order chi connectivity index (χ1) is 10.1. The lowest BCUT2D eigenvalue weighted by Gasteiger charge is -2.15. The van der Waals surface area contributed by atoms with E-state index >= 15 is 0 Å². The summed E-state index contributed by atoms with van der Waals surface area (Å²) in [6.45, 7) is 3.86. The summed E-state index contributed by atoms with van der Waals surface area (Å²) in [7, 11) is 1.61. The van der Waals surface area contributed by atoms with E-state index in [4.69, 9.17) is 4.74 Å². The number of rotatable bonds is 5. The van der Waals surface area contributed by atoms with Crippen molar-refractivity contribution in [1.82, 2.24) is 0 Å². The van der Waals surface area contributed by atoms with Crippen LogP contribution in [0.3, 0.4) is 0 Å². The highest BCUT2D eigenvalue weighted by Gasteiger charge is 2.12. The highest BCUT2D eigenvalue weighted by Crippen LogP contribution is 2.16. The van der Waals surface area contributed by atoms with Crippen molar-refractivity contribution >= 4 is 17.3 Å². The molecule has 1 amide bonds. The highest BCUT2D eigenvalue weighted by atomic mass is 16.5. The molecule has 0 saturated heterocycles. The Bertz CT molecular complexity index is 608. The molecule has 0 radical (unpaired) electrons. The van der Waals surface area contributed by atoms with Crippen LogP contribution in [0.25, 0.3) is 0 Å². The van der Waals surface area contributed by atoms with Gasteiger partial charge in [-0.2, -0.15) is 0 Å². The Morgan fingerprint density at radius 1 is 1.10 bits per heavy atom. The number of carbonyl (C=O) groups is 1. The van der Waals surface area contributed by atoms with E-state index < -0.39 is 0 Å². The average Bonchev–Trinajstić information content (AvgIpc) is 2.48. The number of amides is 1. The average molecular weight is 284 g/mol. The van der Waals surface area contributed by atoms with Crippen LogP contribution >= 0.6 is 0 Å². The van der Waals surface area contributed by atoms with Gasteiger partial charge in [0.1, 0.15) is 11.8 Å². The zero-order chi connectivity index (χ0) is 15.2. The Kier molecular flexibility index (Phi) is 4.82. The van der Waals surface area contributed by atoms with Gasteiger partial charge in [0.05, 0.1) is 7.11 Å². The largest absolute Gasteiger partial charge is 0.497 e. The Balaban J connectivity index is 1.95. The van der Waals surface area contributed by atoms with Crippen LogP contribution in [0.1, 0.15) is 12.5 Å². The third-order valence-corrected chi connectivity index (χ3v) is 3.15. The Labute approximate surface area is 125 Å². The van der Waals surface area contributed by atoms with E-state index in [0.717, 1.165) is 22.7 Å². The summed E-state index contributed by atoms with van der Waals surface area (Å²) in [5.74, 6) is 0.681. The van der Waals surface area contributed by atoms with Crippen molar-refractivity contribution in [2.24, 2.45) is 0 Å². The predicted molar refractivity (Wildman–Crippen MR) is 85.9 cm³/mol. The molecular weight excluding hydrogens is 264 g/mol. The molecule has 0 bridgehead atoms. The van der Waals surface area contributed by atoms with E-state index in [9.17, 15) is 4.79 Å². The maximum Gasteiger partial charge on any atom is 0.246 e. The second kappa shape index (κ2) is 6.79. The van der Waals surface area contributed by atoms with Gasteiger partial charge in [0.15, 0.2) is 0 Å². The number of hydrogen-bond donors (Lipinski definition) is 2. The van der Waals surface area contributed by atoms with Crippen LogP contribution in [0.5, 0.6) is 5.75 Å². The zero-order valence-corrected chi connectivity index (χ0v) is 12.5. The minimum Gasteiger partial charge on any atom is -0.497 e. The summed E-state index contributed by atoms with van der Waals surface area (Å²) < 4.78 is 5.09.